The van der Waals surface area contributed by atoms with Crippen LogP contribution in [0.4, 0.5) is 5.82 Å². The van der Waals surface area contributed by atoms with E-state index in [1.807, 2.05) is 82.3 Å². The number of rotatable bonds is 25. The summed E-state index contributed by atoms with van der Waals surface area (Å²) < 4.78 is 11.2. The Hall–Kier alpha value is -6.42. The number of carbonyl (C=O) groups is 5. The number of piperidine rings is 2. The van der Waals surface area contributed by atoms with E-state index in [4.69, 9.17) is 21.1 Å². The first-order valence-electron chi connectivity index (χ1n) is 33.9. The molecule has 20 nitrogen and oxygen atoms in total. The number of fused-ring (bicyclic) bond motifs is 1. The number of anilines is 1. The van der Waals surface area contributed by atoms with Crippen molar-refractivity contribution in [3.8, 4) is 11.5 Å². The summed E-state index contributed by atoms with van der Waals surface area (Å²) in [5, 5.41) is 21.0. The molecule has 5 heterocycles. The highest BCUT2D eigenvalue weighted by Crippen LogP contribution is 2.43. The summed E-state index contributed by atoms with van der Waals surface area (Å²) in [5.41, 5.74) is 5.17. The van der Waals surface area contributed by atoms with Crippen LogP contribution < -0.4 is 30.3 Å². The maximum absolute atomic E-state index is 14.6. The molecule has 10 rings (SSSR count). The number of ether oxygens (including phenoxy) is 2. The van der Waals surface area contributed by atoms with Crippen molar-refractivity contribution in [1.82, 2.24) is 55.3 Å². The third-order valence-electron chi connectivity index (χ3n) is 20.1. The van der Waals surface area contributed by atoms with Gasteiger partial charge in [-0.25, -0.2) is 9.97 Å². The van der Waals surface area contributed by atoms with Crippen molar-refractivity contribution < 1.29 is 38.6 Å². The number of aliphatic hydroxyl groups is 1. The molecule has 2 aliphatic carbocycles. The Morgan fingerprint density at radius 1 is 0.791 bits per heavy atom. The molecule has 21 heteroatoms. The van der Waals surface area contributed by atoms with Crippen LogP contribution in [0.2, 0.25) is 5.02 Å². The summed E-state index contributed by atoms with van der Waals surface area (Å²) in [6, 6.07) is 20.6. The molecule has 6 aliphatic rings. The number of aliphatic hydroxyl groups excluding tert-OH is 1. The molecule has 494 valence electrons. The van der Waals surface area contributed by atoms with E-state index in [-0.39, 0.29) is 59.9 Å². The van der Waals surface area contributed by atoms with Crippen LogP contribution in [0.1, 0.15) is 154 Å². The number of hydrogen-bond donors (Lipinski definition) is 4. The number of carbonyl (C=O) groups excluding carboxylic acids is 5. The summed E-state index contributed by atoms with van der Waals surface area (Å²) in [5.74, 6) is 2.65. The number of piperazine rings is 2. The van der Waals surface area contributed by atoms with Gasteiger partial charge < -0.3 is 50.1 Å². The third kappa shape index (κ3) is 17.6. The minimum Gasteiger partial charge on any atom is -0.497 e. The van der Waals surface area contributed by atoms with Gasteiger partial charge >= 0.3 is 0 Å². The van der Waals surface area contributed by atoms with Crippen molar-refractivity contribution in [2.45, 2.75) is 134 Å². The molecule has 4 aliphatic heterocycles. The number of aromatic nitrogens is 2. The van der Waals surface area contributed by atoms with Gasteiger partial charge in [0.05, 0.1) is 44.5 Å². The first kappa shape index (κ1) is 67.5. The molecule has 3 aromatic carbocycles. The van der Waals surface area contributed by atoms with Crippen molar-refractivity contribution in [3.63, 3.8) is 0 Å². The Morgan fingerprint density at radius 2 is 1.53 bits per heavy atom. The molecule has 5 amide bonds. The van der Waals surface area contributed by atoms with Crippen LogP contribution in [0.25, 0.3) is 0 Å². The van der Waals surface area contributed by atoms with Crippen molar-refractivity contribution in [3.05, 3.63) is 112 Å². The highest BCUT2D eigenvalue weighted by molar-refractivity contribution is 6.30. The lowest BCUT2D eigenvalue weighted by Crippen LogP contribution is -2.57. The first-order chi connectivity index (χ1) is 44.1. The van der Waals surface area contributed by atoms with Gasteiger partial charge in [0.25, 0.3) is 5.91 Å². The Morgan fingerprint density at radius 3 is 2.25 bits per heavy atom. The second-order valence-electron chi connectivity index (χ2n) is 26.5. The van der Waals surface area contributed by atoms with Crippen LogP contribution >= 0.6 is 11.6 Å². The van der Waals surface area contributed by atoms with Crippen LogP contribution in [0, 0.1) is 11.8 Å². The molecule has 1 aromatic heterocycles. The normalized spacial score (nSPS) is 21.2. The molecule has 5 fully saturated rings. The van der Waals surface area contributed by atoms with E-state index in [9.17, 15) is 29.1 Å². The smallest absolute Gasteiger partial charge is 0.251 e. The molecule has 0 radical (unpaired) electrons. The molecule has 4 N–H and O–H groups in total. The number of halogens is 1. The molecule has 4 saturated heterocycles. The fourth-order valence-electron chi connectivity index (χ4n) is 14.8. The maximum Gasteiger partial charge on any atom is 0.251 e. The summed E-state index contributed by atoms with van der Waals surface area (Å²) in [6.45, 7) is 20.6. The molecule has 1 saturated carbocycles. The van der Waals surface area contributed by atoms with Crippen molar-refractivity contribution in [1.29, 1.82) is 0 Å². The largest absolute Gasteiger partial charge is 0.497 e. The topological polar surface area (TPSA) is 209 Å². The van der Waals surface area contributed by atoms with E-state index in [1.165, 1.54) is 6.33 Å². The van der Waals surface area contributed by atoms with Crippen LogP contribution in [-0.4, -0.2) is 218 Å². The molecule has 1 unspecified atom stereocenters. The van der Waals surface area contributed by atoms with Crippen LogP contribution in [0.3, 0.4) is 0 Å². The van der Waals surface area contributed by atoms with Gasteiger partial charge in [0.2, 0.25) is 23.6 Å². The maximum atomic E-state index is 14.6. The molecule has 5 atom stereocenters. The van der Waals surface area contributed by atoms with E-state index in [1.54, 1.807) is 7.11 Å². The molecule has 4 aromatic rings. The highest BCUT2D eigenvalue weighted by atomic mass is 35.5. The fourth-order valence-corrected chi connectivity index (χ4v) is 14.9. The zero-order valence-electron chi connectivity index (χ0n) is 54.5. The summed E-state index contributed by atoms with van der Waals surface area (Å²) in [7, 11) is 1.63. The van der Waals surface area contributed by atoms with Crippen molar-refractivity contribution in [2.24, 2.45) is 11.8 Å². The number of likely N-dealkylation sites (tertiary alicyclic amines) is 2. The lowest BCUT2D eigenvalue weighted by Gasteiger charge is -2.41. The Labute approximate surface area is 544 Å². The fraction of sp³-hybridized carbons (Fsp3) is 0.614. The Balaban J connectivity index is 0.647. The summed E-state index contributed by atoms with van der Waals surface area (Å²) >= 11 is 6.35. The Kier molecular flexibility index (Phi) is 24.0. The van der Waals surface area contributed by atoms with E-state index in [2.05, 4.69) is 72.4 Å². The number of methoxy groups -OCH3 is 1. The summed E-state index contributed by atoms with van der Waals surface area (Å²) in [6.07, 6.45) is 10.5. The number of hydrogen-bond acceptors (Lipinski definition) is 15. The molecule has 0 bridgehead atoms. The molecular formula is C70H99ClN12O8. The second-order valence-corrected chi connectivity index (χ2v) is 26.9. The molecule has 0 spiro atoms. The van der Waals surface area contributed by atoms with Gasteiger partial charge in [-0.3, -0.25) is 38.7 Å². The van der Waals surface area contributed by atoms with Crippen molar-refractivity contribution >= 4 is 47.0 Å². The van der Waals surface area contributed by atoms with E-state index >= 15 is 0 Å². The number of benzene rings is 3. The van der Waals surface area contributed by atoms with Gasteiger partial charge in [0, 0.05) is 138 Å². The van der Waals surface area contributed by atoms with Gasteiger partial charge in [-0.1, -0.05) is 68.1 Å². The second kappa shape index (κ2) is 32.4. The van der Waals surface area contributed by atoms with Gasteiger partial charge in [-0.2, -0.15) is 0 Å². The van der Waals surface area contributed by atoms with E-state index < -0.39 is 18.1 Å². The Bertz CT molecular complexity index is 3070. The average molecular weight is 1270 g/mol. The molecular weight excluding hydrogens is 1170 g/mol. The zero-order valence-corrected chi connectivity index (χ0v) is 55.2. The van der Waals surface area contributed by atoms with E-state index in [0.29, 0.717) is 120 Å². The zero-order chi connectivity index (χ0) is 64.0. The standard InChI is InChI=1S/C70H99ClN12O8/c1-6-91-61-40-58(90-5)22-19-55(61)41-72-42-63(86)83-26-11-16-56(44-83)53-14-10-15-54(39-53)68(87)76-65(52-12-8-7-9-13-52)70(89)81-32-30-78(31-33-81)43-50-23-27-77(28-24-50)46-62(85)73-25-29-82(48(2)3)45-59(51-17-20-57(71)21-18-51)69(88)80-36-34-79(35-37-80)67-64-49(4)38-60(84)66(64)74-47-75-67/h10,14-15,17-22,39-40,47-50,52,56,59-60,65,72,84H,6-9,11-13,16,23-38,41-46H2,1-5H3,(H,73,85)(H,76,87)/t49-,56?,59-,60-,65-/m1/s1. The van der Waals surface area contributed by atoms with Crippen LogP contribution in [0.15, 0.2) is 73.1 Å². The number of amides is 5. The van der Waals surface area contributed by atoms with E-state index in [0.717, 1.165) is 130 Å². The number of nitrogens with zero attached hydrogens (tertiary/aromatic N) is 9. The average Bonchev–Trinajstić information content (AvgIpc) is 1.74. The number of nitrogens with one attached hydrogen (secondary N) is 3. The van der Waals surface area contributed by atoms with Crippen molar-refractivity contribution in [2.75, 3.05) is 136 Å². The predicted molar refractivity (Wildman–Crippen MR) is 354 cm³/mol. The van der Waals surface area contributed by atoms with Gasteiger partial charge in [-0.05, 0) is 138 Å². The minimum absolute atomic E-state index is 0.00492. The minimum atomic E-state index is -0.585. The van der Waals surface area contributed by atoms with Crippen LogP contribution in [0.5, 0.6) is 11.5 Å². The van der Waals surface area contributed by atoms with Gasteiger partial charge in [0.1, 0.15) is 29.7 Å². The highest BCUT2D eigenvalue weighted by Gasteiger charge is 2.39. The lowest BCUT2D eigenvalue weighted by atomic mass is 9.83. The monoisotopic (exact) mass is 1270 g/mol. The third-order valence-corrected chi connectivity index (χ3v) is 20.4. The quantitative estimate of drug-likeness (QED) is 0.0524. The first-order valence-corrected chi connectivity index (χ1v) is 34.3. The van der Waals surface area contributed by atoms with Crippen LogP contribution in [-0.2, 0) is 25.7 Å². The predicted octanol–water partition coefficient (Wildman–Crippen LogP) is 7.07. The summed E-state index contributed by atoms with van der Waals surface area (Å²) in [4.78, 5) is 94.6. The lowest BCUT2D eigenvalue weighted by molar-refractivity contribution is -0.137. The van der Waals surface area contributed by atoms with Gasteiger partial charge in [-0.15, -0.1) is 0 Å². The molecule has 91 heavy (non-hydrogen) atoms. The SMILES string of the molecule is CCOc1cc(OC)ccc1CNCC(=O)N1CCCC(c2cccc(C(=O)N[C@@H](C(=O)N3CCN(CC4CCN(CC(=O)NCCN(C[C@@H](C(=O)N5CCN(c6ncnc7c6[C@H](C)C[C@H]7O)CC5)c5ccc(Cl)cc5)C(C)C)CC4)CC3)C3CCCCC3)c2)C1. The van der Waals surface area contributed by atoms with Gasteiger partial charge in [0.15, 0.2) is 0 Å².